The van der Waals surface area contributed by atoms with Crippen LogP contribution in [0.1, 0.15) is 40.0 Å². The molecule has 0 saturated carbocycles. The number of carbonyl (C=O) groups excluding carboxylic acids is 1. The van der Waals surface area contributed by atoms with Gasteiger partial charge in [0.2, 0.25) is 5.91 Å². The fraction of sp³-hybridized carbons (Fsp3) is 0.867. The van der Waals surface area contributed by atoms with Crippen molar-refractivity contribution < 1.29 is 14.7 Å². The van der Waals surface area contributed by atoms with Crippen LogP contribution in [0.4, 0.5) is 0 Å². The van der Waals surface area contributed by atoms with E-state index < -0.39 is 11.9 Å². The Morgan fingerprint density at radius 3 is 2.50 bits per heavy atom. The first-order chi connectivity index (χ1) is 9.41. The fourth-order valence-corrected chi connectivity index (χ4v) is 3.72. The highest BCUT2D eigenvalue weighted by atomic mass is 16.4. The predicted molar refractivity (Wildman–Crippen MR) is 76.4 cm³/mol. The Hall–Kier alpha value is -1.10. The van der Waals surface area contributed by atoms with E-state index in [2.05, 4.69) is 11.8 Å². The molecule has 5 heteroatoms. The van der Waals surface area contributed by atoms with Gasteiger partial charge >= 0.3 is 5.97 Å². The van der Waals surface area contributed by atoms with Crippen LogP contribution in [-0.2, 0) is 9.59 Å². The summed E-state index contributed by atoms with van der Waals surface area (Å²) in [6.45, 7) is 8.72. The number of carboxylic acid groups (broad SMARTS) is 1. The van der Waals surface area contributed by atoms with Gasteiger partial charge in [-0.15, -0.1) is 0 Å². The number of carbonyl (C=O) groups is 2. The second-order valence-electron chi connectivity index (χ2n) is 6.42. The quantitative estimate of drug-likeness (QED) is 0.847. The molecule has 1 N–H and O–H groups in total. The molecular formula is C15H26N2O3. The first-order valence-corrected chi connectivity index (χ1v) is 7.68. The van der Waals surface area contributed by atoms with E-state index in [9.17, 15) is 14.7 Å². The summed E-state index contributed by atoms with van der Waals surface area (Å²) in [6.07, 6.45) is 2.80. The van der Waals surface area contributed by atoms with Crippen molar-refractivity contribution in [2.45, 2.75) is 52.1 Å². The van der Waals surface area contributed by atoms with Gasteiger partial charge in [0, 0.05) is 25.0 Å². The molecule has 2 rings (SSSR count). The molecule has 2 aliphatic rings. The summed E-state index contributed by atoms with van der Waals surface area (Å²) in [4.78, 5) is 27.9. The average molecular weight is 282 g/mol. The Morgan fingerprint density at radius 2 is 1.95 bits per heavy atom. The summed E-state index contributed by atoms with van der Waals surface area (Å²) in [5, 5.41) is 9.38. The minimum Gasteiger partial charge on any atom is -0.481 e. The van der Waals surface area contributed by atoms with Crippen LogP contribution in [-0.4, -0.2) is 58.5 Å². The van der Waals surface area contributed by atoms with Crippen molar-refractivity contribution in [1.29, 1.82) is 0 Å². The van der Waals surface area contributed by atoms with Crippen molar-refractivity contribution in [3.05, 3.63) is 0 Å². The lowest BCUT2D eigenvalue weighted by atomic mass is 9.81. The van der Waals surface area contributed by atoms with E-state index >= 15 is 0 Å². The van der Waals surface area contributed by atoms with Crippen LogP contribution in [0, 0.1) is 11.8 Å². The smallest absolute Gasteiger partial charge is 0.308 e. The number of carboxylic acids is 1. The Kier molecular flexibility index (Phi) is 4.68. The van der Waals surface area contributed by atoms with Gasteiger partial charge in [-0.3, -0.25) is 14.5 Å². The van der Waals surface area contributed by atoms with Crippen molar-refractivity contribution in [3.63, 3.8) is 0 Å². The molecule has 0 aromatic rings. The topological polar surface area (TPSA) is 60.9 Å². The molecule has 0 aromatic heterocycles. The molecule has 2 heterocycles. The Balaban J connectivity index is 2.04. The molecule has 1 amide bonds. The Morgan fingerprint density at radius 1 is 1.35 bits per heavy atom. The van der Waals surface area contributed by atoms with Crippen LogP contribution < -0.4 is 0 Å². The zero-order valence-electron chi connectivity index (χ0n) is 12.7. The van der Waals surface area contributed by atoms with Gasteiger partial charge in [0.05, 0.1) is 5.92 Å². The van der Waals surface area contributed by atoms with E-state index in [1.807, 2.05) is 13.8 Å². The lowest BCUT2D eigenvalue weighted by molar-refractivity contribution is -0.155. The maximum Gasteiger partial charge on any atom is 0.308 e. The second-order valence-corrected chi connectivity index (χ2v) is 6.42. The van der Waals surface area contributed by atoms with Gasteiger partial charge in [-0.2, -0.15) is 0 Å². The number of likely N-dealkylation sites (tertiary alicyclic amines) is 2. The summed E-state index contributed by atoms with van der Waals surface area (Å²) in [6, 6.07) is 0.0977. The third-order valence-electron chi connectivity index (χ3n) is 4.95. The van der Waals surface area contributed by atoms with Gasteiger partial charge < -0.3 is 10.0 Å². The first-order valence-electron chi connectivity index (χ1n) is 7.68. The molecule has 20 heavy (non-hydrogen) atoms. The number of hydrogen-bond donors (Lipinski definition) is 1. The van der Waals surface area contributed by atoms with E-state index in [4.69, 9.17) is 0 Å². The number of rotatable bonds is 4. The molecule has 4 atom stereocenters. The predicted octanol–water partition coefficient (Wildman–Crippen LogP) is 1.43. The van der Waals surface area contributed by atoms with Gasteiger partial charge in [-0.05, 0) is 45.7 Å². The molecule has 0 radical (unpaired) electrons. The highest BCUT2D eigenvalue weighted by Gasteiger charge is 2.42. The molecule has 2 fully saturated rings. The summed E-state index contributed by atoms with van der Waals surface area (Å²) >= 11 is 0. The normalized spacial score (nSPS) is 33.5. The third kappa shape index (κ3) is 2.97. The van der Waals surface area contributed by atoms with Crippen LogP contribution in [0.15, 0.2) is 0 Å². The lowest BCUT2D eigenvalue weighted by Gasteiger charge is -2.43. The van der Waals surface area contributed by atoms with Crippen LogP contribution in [0.3, 0.4) is 0 Å². The number of piperidine rings is 1. The van der Waals surface area contributed by atoms with Gasteiger partial charge in [-0.1, -0.05) is 6.92 Å². The van der Waals surface area contributed by atoms with Gasteiger partial charge in [-0.25, -0.2) is 0 Å². The van der Waals surface area contributed by atoms with E-state index in [0.717, 1.165) is 13.1 Å². The van der Waals surface area contributed by atoms with Crippen molar-refractivity contribution in [3.8, 4) is 0 Å². The molecule has 2 aliphatic heterocycles. The minimum absolute atomic E-state index is 0.0756. The van der Waals surface area contributed by atoms with Crippen molar-refractivity contribution in [2.75, 3.05) is 19.6 Å². The molecule has 0 aromatic carbocycles. The Bertz CT molecular complexity index is 379. The number of nitrogens with zero attached hydrogens (tertiary/aromatic N) is 2. The lowest BCUT2D eigenvalue weighted by Crippen LogP contribution is -2.56. The highest BCUT2D eigenvalue weighted by Crippen LogP contribution is 2.30. The molecule has 0 aliphatic carbocycles. The van der Waals surface area contributed by atoms with Crippen molar-refractivity contribution in [2.24, 2.45) is 11.8 Å². The highest BCUT2D eigenvalue weighted by molar-refractivity contribution is 5.81. The number of hydrogen-bond acceptors (Lipinski definition) is 3. The first kappa shape index (κ1) is 15.3. The van der Waals surface area contributed by atoms with E-state index in [1.54, 1.807) is 4.90 Å². The van der Waals surface area contributed by atoms with Crippen LogP contribution in [0.25, 0.3) is 0 Å². The van der Waals surface area contributed by atoms with Gasteiger partial charge in [0.25, 0.3) is 0 Å². The molecule has 5 nitrogen and oxygen atoms in total. The van der Waals surface area contributed by atoms with Crippen LogP contribution >= 0.6 is 0 Å². The van der Waals surface area contributed by atoms with Gasteiger partial charge in [0.1, 0.15) is 0 Å². The third-order valence-corrected chi connectivity index (χ3v) is 4.95. The maximum atomic E-state index is 12.2. The summed E-state index contributed by atoms with van der Waals surface area (Å²) in [7, 11) is 0. The maximum absolute atomic E-state index is 12.2. The summed E-state index contributed by atoms with van der Waals surface area (Å²) in [5.41, 5.74) is 0. The average Bonchev–Trinajstić information content (AvgIpc) is 2.87. The number of amides is 1. The molecule has 0 bridgehead atoms. The standard InChI is InChI=1S/C15H26N2O3/c1-10-8-13(18)17(12(3)14(10)15(19)20)9-11(2)16-6-4-5-7-16/h10-12,14H,4-9H2,1-3H3,(H,19,20). The fourth-order valence-electron chi connectivity index (χ4n) is 3.72. The molecule has 4 unspecified atom stereocenters. The van der Waals surface area contributed by atoms with E-state index in [1.165, 1.54) is 12.8 Å². The van der Waals surface area contributed by atoms with Crippen molar-refractivity contribution >= 4 is 11.9 Å². The SMILES string of the molecule is CC1CC(=O)N(CC(C)N2CCCC2)C(C)C1C(=O)O. The molecule has 2 saturated heterocycles. The molecule has 0 spiro atoms. The zero-order valence-corrected chi connectivity index (χ0v) is 12.7. The Labute approximate surface area is 120 Å². The summed E-state index contributed by atoms with van der Waals surface area (Å²) < 4.78 is 0. The van der Waals surface area contributed by atoms with E-state index in [-0.39, 0.29) is 17.9 Å². The molecular weight excluding hydrogens is 256 g/mol. The van der Waals surface area contributed by atoms with Crippen LogP contribution in [0.2, 0.25) is 0 Å². The van der Waals surface area contributed by atoms with Crippen LogP contribution in [0.5, 0.6) is 0 Å². The largest absolute Gasteiger partial charge is 0.481 e. The van der Waals surface area contributed by atoms with Gasteiger partial charge in [0.15, 0.2) is 0 Å². The second kappa shape index (κ2) is 6.12. The number of aliphatic carboxylic acids is 1. The summed E-state index contributed by atoms with van der Waals surface area (Å²) in [5.74, 6) is -1.20. The monoisotopic (exact) mass is 282 g/mol. The zero-order chi connectivity index (χ0) is 14.9. The molecule has 114 valence electrons. The van der Waals surface area contributed by atoms with Crippen molar-refractivity contribution in [1.82, 2.24) is 9.80 Å². The van der Waals surface area contributed by atoms with E-state index in [0.29, 0.717) is 19.0 Å². The minimum atomic E-state index is -0.781.